The molecule has 14 rings (SSSR count). The Hall–Kier alpha value is -8.08. The Morgan fingerprint density at radius 1 is 0.406 bits per heavy atom. The van der Waals surface area contributed by atoms with Gasteiger partial charge in [0.15, 0.2) is 0 Å². The number of carbonyl (C=O) groups excluding carboxylic acids is 2. The summed E-state index contributed by atoms with van der Waals surface area (Å²) in [6, 6.07) is 17.9. The van der Waals surface area contributed by atoms with Crippen molar-refractivity contribution in [2.75, 3.05) is 117 Å². The molecule has 0 bridgehead atoms. The first kappa shape index (κ1) is 115. The van der Waals surface area contributed by atoms with Gasteiger partial charge in [0.25, 0.3) is 0 Å². The van der Waals surface area contributed by atoms with Crippen LogP contribution in [0.25, 0.3) is 0 Å². The molecule has 0 spiro atoms. The van der Waals surface area contributed by atoms with E-state index in [1.165, 1.54) is 102 Å². The van der Waals surface area contributed by atoms with E-state index in [9.17, 15) is 44.3 Å². The number of aryl methyl sites for hydroxylation is 1. The number of hydrogen-bond acceptors (Lipinski definition) is 17. The molecule has 14 heterocycles. The lowest BCUT2D eigenvalue weighted by atomic mass is 9.83. The predicted octanol–water partition coefficient (Wildman–Crippen LogP) is 22.8. The van der Waals surface area contributed by atoms with Crippen molar-refractivity contribution >= 4 is 27.5 Å². The van der Waals surface area contributed by atoms with E-state index in [1.807, 2.05) is 78.0 Å². The summed E-state index contributed by atoms with van der Waals surface area (Å²) >= 11 is 0. The van der Waals surface area contributed by atoms with Crippen LogP contribution in [0.3, 0.4) is 0 Å². The van der Waals surface area contributed by atoms with Crippen LogP contribution in [0, 0.1) is 36.5 Å². The summed E-state index contributed by atoms with van der Waals surface area (Å²) < 4.78 is 116. The molecule has 0 radical (unpaired) electrons. The third-order valence-corrected chi connectivity index (χ3v) is 28.5. The lowest BCUT2D eigenvalue weighted by Crippen LogP contribution is -2.41. The summed E-state index contributed by atoms with van der Waals surface area (Å²) in [5, 5.41) is 3.55. The number of aromatic nitrogens is 7. The molecule has 7 fully saturated rings. The molecule has 0 aromatic carbocycles. The van der Waals surface area contributed by atoms with Gasteiger partial charge in [0, 0.05) is 185 Å². The highest BCUT2D eigenvalue weighted by atomic mass is 32.2. The molecule has 7 aliphatic heterocycles. The van der Waals surface area contributed by atoms with Crippen molar-refractivity contribution in [3.63, 3.8) is 0 Å². The van der Waals surface area contributed by atoms with E-state index >= 15 is 0 Å². The van der Waals surface area contributed by atoms with Crippen LogP contribution in [-0.2, 0) is 99.1 Å². The van der Waals surface area contributed by atoms with Gasteiger partial charge in [0.2, 0.25) is 21.8 Å². The van der Waals surface area contributed by atoms with E-state index in [0.717, 1.165) is 165 Å². The number of ether oxygens (including phenoxy) is 3. The average Bonchev–Trinajstić information content (AvgIpc) is 0.915. The molecule has 7 aromatic rings. The maximum atomic E-state index is 12.4. The second kappa shape index (κ2) is 51.2. The Labute approximate surface area is 825 Å². The number of hydrogen-bond donors (Lipinski definition) is 1. The van der Waals surface area contributed by atoms with Gasteiger partial charge in [-0.25, -0.2) is 12.7 Å². The number of nitrogens with one attached hydrogen (secondary N) is 1. The smallest absolute Gasteiger partial charge is 0.401 e. The Kier molecular flexibility index (Phi) is 42.8. The van der Waals surface area contributed by atoms with E-state index in [0.29, 0.717) is 69.0 Å². The largest absolute Gasteiger partial charge is 0.489 e. The molecular weight excluding hydrogens is 1770 g/mol. The molecule has 2 unspecified atom stereocenters. The molecule has 2 amide bonds. The molecule has 138 heavy (non-hydrogen) atoms. The summed E-state index contributed by atoms with van der Waals surface area (Å²) in [7, 11) is -3.03. The number of likely N-dealkylation sites (tertiary alicyclic amines) is 4. The van der Waals surface area contributed by atoms with Gasteiger partial charge in [0.1, 0.15) is 11.9 Å². The van der Waals surface area contributed by atoms with E-state index in [-0.39, 0.29) is 55.8 Å². The first-order chi connectivity index (χ1) is 64.2. The van der Waals surface area contributed by atoms with Crippen LogP contribution in [0.4, 0.5) is 32.0 Å². The fraction of sp³-hybridized carbons (Fsp3) is 0.667. The number of sulfonamides is 1. The fourth-order valence-corrected chi connectivity index (χ4v) is 19.1. The van der Waals surface area contributed by atoms with Crippen molar-refractivity contribution < 1.29 is 58.6 Å². The normalized spacial score (nSPS) is 18.8. The van der Waals surface area contributed by atoms with E-state index in [2.05, 4.69) is 241 Å². The molecule has 7 aliphatic rings. The lowest BCUT2D eigenvalue weighted by Gasteiger charge is -2.32. The van der Waals surface area contributed by atoms with Crippen molar-refractivity contribution in [3.8, 4) is 5.75 Å². The Balaban J connectivity index is 0.000000198. The molecule has 7 saturated heterocycles. The molecule has 768 valence electrons. The van der Waals surface area contributed by atoms with Gasteiger partial charge in [0.05, 0.1) is 31.2 Å². The number of anilines is 1. The molecule has 20 nitrogen and oxygen atoms in total. The first-order valence-corrected chi connectivity index (χ1v) is 52.3. The number of nitrogens with zero attached hydrogens (tertiary/aromatic N) is 12. The highest BCUT2D eigenvalue weighted by molar-refractivity contribution is 7.88. The lowest BCUT2D eigenvalue weighted by molar-refractivity contribution is -0.148. The Morgan fingerprint density at radius 2 is 0.797 bits per heavy atom. The van der Waals surface area contributed by atoms with E-state index in [1.54, 1.807) is 24.3 Å². The minimum Gasteiger partial charge on any atom is -0.489 e. The van der Waals surface area contributed by atoms with E-state index in [4.69, 9.17) is 14.2 Å². The number of amides is 2. The van der Waals surface area contributed by atoms with Gasteiger partial charge in [-0.3, -0.25) is 54.3 Å². The number of rotatable bonds is 17. The minimum atomic E-state index is -4.09. The SMILES string of the molecule is CC(=O)N1CCC(Nc2cncc(C(C)(C)C)c2)CC1.CC(=O)N1CCC(Oc2cncc(C(C)(C)C)c2)CC1.CC(C)(C)c1ccnc(CC2CCOC2)c1.CC(C)(C)c1cncc(CC2CCN(CC(F)(F)F)C2)c1.CC(C)(C)c1cncc(CC2CCN(CC(F)(F)F)CC2)c1.CC(C)(C)c1cncc(CC2CCN(S(C)(=O)=O)CC2)c1.Cc1cnc(CC2CCOCC2)cc1C(C)(C)C. The van der Waals surface area contributed by atoms with Crippen LogP contribution in [0.1, 0.15) is 309 Å². The van der Waals surface area contributed by atoms with Gasteiger partial charge < -0.3 is 29.3 Å². The van der Waals surface area contributed by atoms with Gasteiger partial charge in [-0.2, -0.15) is 26.3 Å². The van der Waals surface area contributed by atoms with Crippen LogP contribution in [0.15, 0.2) is 123 Å². The molecule has 2 atom stereocenters. The van der Waals surface area contributed by atoms with Crippen molar-refractivity contribution in [2.24, 2.45) is 29.6 Å². The number of carbonyl (C=O) groups is 2. The van der Waals surface area contributed by atoms with Gasteiger partial charge in [-0.15, -0.1) is 0 Å². The van der Waals surface area contributed by atoms with Crippen molar-refractivity contribution in [1.29, 1.82) is 0 Å². The van der Waals surface area contributed by atoms with Gasteiger partial charge in [-0.05, 0) is 282 Å². The molecule has 0 saturated carbocycles. The van der Waals surface area contributed by atoms with Crippen molar-refractivity contribution in [1.82, 2.24) is 58.8 Å². The monoisotopic (exact) mass is 1940 g/mol. The molecule has 1 N–H and O–H groups in total. The summed E-state index contributed by atoms with van der Waals surface area (Å²) in [5.74, 6) is 3.90. The van der Waals surface area contributed by atoms with Crippen LogP contribution in [0.2, 0.25) is 0 Å². The van der Waals surface area contributed by atoms with Crippen LogP contribution in [0.5, 0.6) is 5.75 Å². The zero-order valence-electron chi connectivity index (χ0n) is 88.3. The summed E-state index contributed by atoms with van der Waals surface area (Å²) in [6.07, 6.45) is 32.7. The van der Waals surface area contributed by atoms with Gasteiger partial charge >= 0.3 is 12.4 Å². The summed E-state index contributed by atoms with van der Waals surface area (Å²) in [5.41, 5.74) is 18.1. The van der Waals surface area contributed by atoms with E-state index < -0.39 is 35.5 Å². The van der Waals surface area contributed by atoms with Crippen molar-refractivity contribution in [2.45, 2.75) is 338 Å². The topological polar surface area (TPSA) is 214 Å². The Morgan fingerprint density at radius 3 is 1.25 bits per heavy atom. The maximum Gasteiger partial charge on any atom is 0.401 e. The molecule has 0 aliphatic carbocycles. The molecule has 7 aromatic heterocycles. The number of pyridine rings is 7. The molecule has 27 heteroatoms. The standard InChI is InChI=1S/C17H25F3N2.C16H23F3N2.C16H25N3O.C16H26N2O2S.C16H24N2O2.C16H25NO.C14H21NO/c1-16(2,3)15-9-14(10-21-11-15)8-13-4-6-22(7-5-13)12-17(18,19)20;1-15(2,3)14-7-13(8-20-9-14)6-12-4-5-21(10-12)11-16(17,18)19;1-12(20)19-7-5-14(6-8-19)18-15-9-13(10-17-11-15)16(2,3)4;1-16(2,3)15-10-14(11-17-12-15)9-13-5-7-18(8-6-13)21(4,19)20;1-12(19)18-7-5-14(6-8-18)20-15-9-13(10-17-11-15)16(2,3)4;1-12-11-17-14(10-15(12)16(2,3)4)9-13-5-7-18-8-6-13;1-14(2,3)12-4-6-15-13(9-12)8-11-5-7-16-10-11/h9-11,13H,4-8,12H2,1-3H3;7-9,12H,4-6,10-11H2,1-3H3;9-11,14,18H,5-8H2,1-4H3;10-13H,5-9H2,1-4H3;9-11,14H,5-8H2,1-4H3;10-11,13H,5-9H2,1-4H3;4,6,9,11H,5,7-8,10H2,1-3H3. The van der Waals surface area contributed by atoms with Crippen molar-refractivity contribution in [3.05, 3.63) is 195 Å². The Bertz CT molecular complexity index is 4890. The number of halogens is 6. The van der Waals surface area contributed by atoms with Crippen LogP contribution in [-0.4, -0.2) is 215 Å². The third-order valence-electron chi connectivity index (χ3n) is 27.2. The minimum absolute atomic E-state index is 0.0427. The maximum absolute atomic E-state index is 12.4. The predicted molar refractivity (Wildman–Crippen MR) is 546 cm³/mol. The highest BCUT2D eigenvalue weighted by Gasteiger charge is 2.37. The quantitative estimate of drug-likeness (QED) is 0.0839. The number of piperidine rings is 4. The highest BCUT2D eigenvalue weighted by Crippen LogP contribution is 2.36. The van der Waals surface area contributed by atoms with Crippen LogP contribution < -0.4 is 10.1 Å². The number of alkyl halides is 6. The van der Waals surface area contributed by atoms with Crippen LogP contribution >= 0.6 is 0 Å². The molecular formula is C111H169F6N13O7S. The summed E-state index contributed by atoms with van der Waals surface area (Å²) in [4.78, 5) is 60.1. The zero-order valence-corrected chi connectivity index (χ0v) is 89.1. The van der Waals surface area contributed by atoms with Gasteiger partial charge in [-0.1, -0.05) is 164 Å². The average molecular weight is 1940 g/mol. The zero-order chi connectivity index (χ0) is 102. The second-order valence-corrected chi connectivity index (χ2v) is 48.9. The fourth-order valence-electron chi connectivity index (χ4n) is 18.3. The third kappa shape index (κ3) is 41.5. The summed E-state index contributed by atoms with van der Waals surface area (Å²) in [6.45, 7) is 60.3. The second-order valence-electron chi connectivity index (χ2n) is 46.9. The first-order valence-electron chi connectivity index (χ1n) is 50.5.